The van der Waals surface area contributed by atoms with Crippen molar-refractivity contribution in [1.29, 1.82) is 0 Å². The topological polar surface area (TPSA) is 99.9 Å². The predicted molar refractivity (Wildman–Crippen MR) is 70.6 cm³/mol. The maximum Gasteiger partial charge on any atom is 0.371 e. The lowest BCUT2D eigenvalue weighted by molar-refractivity contribution is 0.0653. The van der Waals surface area contributed by atoms with Crippen molar-refractivity contribution in [3.8, 4) is 0 Å². The van der Waals surface area contributed by atoms with E-state index >= 15 is 0 Å². The molecule has 2 heterocycles. The van der Waals surface area contributed by atoms with Gasteiger partial charge in [0, 0.05) is 12.1 Å². The van der Waals surface area contributed by atoms with Crippen molar-refractivity contribution in [1.82, 2.24) is 9.84 Å². The van der Waals surface area contributed by atoms with Crippen molar-refractivity contribution >= 4 is 16.0 Å². The van der Waals surface area contributed by atoms with Crippen LogP contribution in [-0.4, -0.2) is 36.6 Å². The molecule has 8 heteroatoms. The molecule has 0 saturated carbocycles. The van der Waals surface area contributed by atoms with Gasteiger partial charge in [-0.1, -0.05) is 6.42 Å². The average molecular weight is 302 g/mol. The second-order valence-corrected chi connectivity index (χ2v) is 6.65. The Kier molecular flexibility index (Phi) is 4.17. The Hall–Kier alpha value is -1.38. The number of carbonyl (C=O) groups is 1. The van der Waals surface area contributed by atoms with Crippen molar-refractivity contribution < 1.29 is 22.7 Å². The third kappa shape index (κ3) is 3.02. The zero-order valence-corrected chi connectivity index (χ0v) is 12.2. The second kappa shape index (κ2) is 5.55. The summed E-state index contributed by atoms with van der Waals surface area (Å²) in [6.45, 7) is 3.89. The van der Waals surface area contributed by atoms with E-state index in [9.17, 15) is 13.2 Å². The molecular formula is C12H18N2O5S. The molecule has 0 aliphatic carbocycles. The van der Waals surface area contributed by atoms with Crippen LogP contribution in [0.25, 0.3) is 0 Å². The molecule has 2 unspecified atom stereocenters. The fourth-order valence-corrected chi connectivity index (χ4v) is 3.54. The molecule has 0 radical (unpaired) electrons. The quantitative estimate of drug-likeness (QED) is 0.873. The number of hydrazine groups is 1. The highest BCUT2D eigenvalue weighted by atomic mass is 32.2. The van der Waals surface area contributed by atoms with Crippen molar-refractivity contribution in [2.45, 2.75) is 50.3 Å². The van der Waals surface area contributed by atoms with E-state index in [2.05, 4.69) is 4.83 Å². The lowest BCUT2D eigenvalue weighted by Crippen LogP contribution is -2.53. The Morgan fingerprint density at radius 2 is 1.95 bits per heavy atom. The average Bonchev–Trinajstić information content (AvgIpc) is 2.84. The van der Waals surface area contributed by atoms with Crippen LogP contribution < -0.4 is 4.83 Å². The van der Waals surface area contributed by atoms with E-state index in [1.165, 1.54) is 0 Å². The molecule has 7 nitrogen and oxygen atoms in total. The van der Waals surface area contributed by atoms with Gasteiger partial charge in [0.15, 0.2) is 0 Å². The Morgan fingerprint density at radius 1 is 1.35 bits per heavy atom. The van der Waals surface area contributed by atoms with Gasteiger partial charge < -0.3 is 9.52 Å². The number of sulfonamides is 1. The van der Waals surface area contributed by atoms with Gasteiger partial charge in [0.05, 0.1) is 0 Å². The number of nitrogens with zero attached hydrogens (tertiary/aromatic N) is 1. The Bertz CT molecular complexity index is 585. The van der Waals surface area contributed by atoms with E-state index in [0.29, 0.717) is 0 Å². The summed E-state index contributed by atoms with van der Waals surface area (Å²) in [6, 6.07) is 2.44. The summed E-state index contributed by atoms with van der Waals surface area (Å²) in [7, 11) is -3.89. The van der Waals surface area contributed by atoms with Crippen LogP contribution in [0.15, 0.2) is 21.6 Å². The summed E-state index contributed by atoms with van der Waals surface area (Å²) >= 11 is 0. The number of hydrogen-bond acceptors (Lipinski definition) is 5. The zero-order valence-electron chi connectivity index (χ0n) is 11.4. The van der Waals surface area contributed by atoms with Gasteiger partial charge in [0.2, 0.25) is 10.9 Å². The van der Waals surface area contributed by atoms with E-state index in [1.807, 2.05) is 13.8 Å². The number of piperidine rings is 1. The van der Waals surface area contributed by atoms with Gasteiger partial charge >= 0.3 is 5.97 Å². The van der Waals surface area contributed by atoms with Crippen LogP contribution in [0.5, 0.6) is 0 Å². The first-order valence-corrected chi connectivity index (χ1v) is 7.93. The molecule has 1 saturated heterocycles. The largest absolute Gasteiger partial charge is 0.475 e. The Balaban J connectivity index is 2.19. The summed E-state index contributed by atoms with van der Waals surface area (Å²) in [6.07, 6.45) is 2.88. The molecule has 1 fully saturated rings. The van der Waals surface area contributed by atoms with E-state index in [-0.39, 0.29) is 17.2 Å². The van der Waals surface area contributed by atoms with E-state index in [4.69, 9.17) is 9.52 Å². The van der Waals surface area contributed by atoms with Crippen LogP contribution in [0.2, 0.25) is 0 Å². The molecule has 1 aromatic heterocycles. The van der Waals surface area contributed by atoms with Crippen LogP contribution in [-0.2, 0) is 10.0 Å². The van der Waals surface area contributed by atoms with Crippen molar-refractivity contribution in [2.75, 3.05) is 0 Å². The van der Waals surface area contributed by atoms with Crippen LogP contribution >= 0.6 is 0 Å². The van der Waals surface area contributed by atoms with Gasteiger partial charge in [-0.3, -0.25) is 0 Å². The Labute approximate surface area is 117 Å². The molecule has 1 aliphatic heterocycles. The second-order valence-electron chi connectivity index (χ2n) is 5.05. The summed E-state index contributed by atoms with van der Waals surface area (Å²) < 4.78 is 29.2. The smallest absolute Gasteiger partial charge is 0.371 e. The minimum atomic E-state index is -3.89. The molecule has 20 heavy (non-hydrogen) atoms. The summed E-state index contributed by atoms with van der Waals surface area (Å²) in [4.78, 5) is 13.2. The lowest BCUT2D eigenvalue weighted by atomic mass is 10.0. The molecule has 2 atom stereocenters. The number of furan rings is 1. The highest BCUT2D eigenvalue weighted by Crippen LogP contribution is 2.22. The molecule has 1 aromatic rings. The number of carboxylic acids is 1. The first-order chi connectivity index (χ1) is 9.31. The summed E-state index contributed by atoms with van der Waals surface area (Å²) in [5.41, 5.74) is 0. The van der Waals surface area contributed by atoms with Crippen molar-refractivity contribution in [2.24, 2.45) is 0 Å². The minimum absolute atomic E-state index is 0.0856. The molecule has 0 spiro atoms. The third-order valence-electron chi connectivity index (χ3n) is 3.48. The first kappa shape index (κ1) is 15.0. The molecule has 1 aliphatic rings. The molecular weight excluding hydrogens is 284 g/mol. The van der Waals surface area contributed by atoms with Gasteiger partial charge in [0.1, 0.15) is 0 Å². The molecule has 0 aromatic carbocycles. The number of aromatic carboxylic acids is 1. The van der Waals surface area contributed by atoms with Crippen LogP contribution in [0.1, 0.15) is 43.7 Å². The standard InChI is InChI=1S/C12H18N2O5S/c1-8-4-3-5-9(2)14(8)13-20(17,18)11-7-6-10(19-11)12(15)16/h6-9,13H,3-5H2,1-2H3,(H,15,16). The number of nitrogens with one attached hydrogen (secondary N) is 1. The fourth-order valence-electron chi connectivity index (χ4n) is 2.36. The van der Waals surface area contributed by atoms with Gasteiger partial charge in [-0.2, -0.15) is 0 Å². The van der Waals surface area contributed by atoms with Crippen LogP contribution in [0.3, 0.4) is 0 Å². The van der Waals surface area contributed by atoms with Gasteiger partial charge in [-0.25, -0.2) is 18.2 Å². The molecule has 0 bridgehead atoms. The highest BCUT2D eigenvalue weighted by Gasteiger charge is 2.30. The Morgan fingerprint density at radius 3 is 2.45 bits per heavy atom. The third-order valence-corrected chi connectivity index (χ3v) is 4.68. The first-order valence-electron chi connectivity index (χ1n) is 6.45. The maximum atomic E-state index is 12.2. The highest BCUT2D eigenvalue weighted by molar-refractivity contribution is 7.89. The van der Waals surface area contributed by atoms with Gasteiger partial charge in [-0.05, 0) is 38.8 Å². The number of carboxylic acid groups (broad SMARTS) is 1. The monoisotopic (exact) mass is 302 g/mol. The van der Waals surface area contributed by atoms with E-state index < -0.39 is 21.8 Å². The lowest BCUT2D eigenvalue weighted by Gasteiger charge is -2.38. The van der Waals surface area contributed by atoms with Crippen LogP contribution in [0, 0.1) is 0 Å². The zero-order chi connectivity index (χ0) is 14.9. The molecule has 2 rings (SSSR count). The molecule has 112 valence electrons. The minimum Gasteiger partial charge on any atom is -0.475 e. The van der Waals surface area contributed by atoms with E-state index in [1.54, 1.807) is 5.01 Å². The maximum absolute atomic E-state index is 12.2. The fraction of sp³-hybridized carbons (Fsp3) is 0.583. The molecule has 2 N–H and O–H groups in total. The molecule has 0 amide bonds. The normalized spacial score (nSPS) is 24.7. The van der Waals surface area contributed by atoms with E-state index in [0.717, 1.165) is 31.4 Å². The SMILES string of the molecule is CC1CCCC(C)N1NS(=O)(=O)c1ccc(C(=O)O)o1. The summed E-state index contributed by atoms with van der Waals surface area (Å²) in [5.74, 6) is -1.70. The van der Waals surface area contributed by atoms with Crippen molar-refractivity contribution in [3.63, 3.8) is 0 Å². The summed E-state index contributed by atoms with van der Waals surface area (Å²) in [5, 5.41) is 10.0. The van der Waals surface area contributed by atoms with Crippen molar-refractivity contribution in [3.05, 3.63) is 17.9 Å². The predicted octanol–water partition coefficient (Wildman–Crippen LogP) is 1.43. The van der Waals surface area contributed by atoms with Gasteiger partial charge in [-0.15, -0.1) is 4.83 Å². The number of rotatable bonds is 4. The van der Waals surface area contributed by atoms with Crippen LogP contribution in [0.4, 0.5) is 0 Å². The number of hydrogen-bond donors (Lipinski definition) is 2. The van der Waals surface area contributed by atoms with Gasteiger partial charge in [0.25, 0.3) is 10.0 Å².